The van der Waals surface area contributed by atoms with Crippen LogP contribution < -0.4 is 0 Å². The minimum atomic E-state index is -4.15. The summed E-state index contributed by atoms with van der Waals surface area (Å²) in [7, 11) is -4.15. The van der Waals surface area contributed by atoms with Crippen molar-refractivity contribution in [3.63, 3.8) is 0 Å². The maximum Gasteiger partial charge on any atom is 0.267 e. The molecule has 0 fully saturated rings. The lowest BCUT2D eigenvalue weighted by Crippen LogP contribution is -2.13. The van der Waals surface area contributed by atoms with E-state index in [9.17, 15) is 13.5 Å². The number of hydrogen-bond donors (Lipinski definition) is 2. The van der Waals surface area contributed by atoms with Gasteiger partial charge in [0.1, 0.15) is 5.75 Å². The van der Waals surface area contributed by atoms with Crippen LogP contribution in [0.25, 0.3) is 0 Å². The van der Waals surface area contributed by atoms with Crippen LogP contribution in [0.1, 0.15) is 11.7 Å². The number of aromatic nitrogens is 1. The first kappa shape index (κ1) is 10.1. The zero-order valence-corrected chi connectivity index (χ0v) is 7.48. The quantitative estimate of drug-likeness (QED) is 0.675. The van der Waals surface area contributed by atoms with E-state index in [-0.39, 0.29) is 0 Å². The molecule has 1 aromatic heterocycles. The molecule has 2 N–H and O–H groups in total. The molecule has 1 heterocycles. The van der Waals surface area contributed by atoms with Gasteiger partial charge in [0.25, 0.3) is 10.1 Å². The van der Waals surface area contributed by atoms with E-state index in [1.165, 1.54) is 18.5 Å². The normalized spacial score (nSPS) is 14.0. The molecule has 0 aromatic carbocycles. The Labute approximate surface area is 75.8 Å². The van der Waals surface area contributed by atoms with Gasteiger partial charge < -0.3 is 5.11 Å². The number of rotatable bonds is 3. The van der Waals surface area contributed by atoms with Crippen LogP contribution in [-0.2, 0) is 10.1 Å². The van der Waals surface area contributed by atoms with Crippen molar-refractivity contribution in [2.24, 2.45) is 0 Å². The van der Waals surface area contributed by atoms with Crippen molar-refractivity contribution in [3.05, 3.63) is 30.1 Å². The summed E-state index contributed by atoms with van der Waals surface area (Å²) in [6.45, 7) is 0. The predicted octanol–water partition coefficient (Wildman–Crippen LogP) is 0.00280. The van der Waals surface area contributed by atoms with Crippen molar-refractivity contribution in [1.82, 2.24) is 4.98 Å². The average molecular weight is 203 g/mol. The molecule has 1 atom stereocenters. The van der Waals surface area contributed by atoms with Crippen molar-refractivity contribution in [1.29, 1.82) is 0 Å². The molecule has 0 aliphatic carbocycles. The Hall–Kier alpha value is -0.980. The lowest BCUT2D eigenvalue weighted by atomic mass is 10.2. The Balaban J connectivity index is 2.76. The average Bonchev–Trinajstić information content (AvgIpc) is 2.03. The number of aliphatic hydroxyl groups excluding tert-OH is 1. The van der Waals surface area contributed by atoms with Crippen LogP contribution in [0.15, 0.2) is 24.5 Å². The SMILES string of the molecule is O=S(=O)(O)CC(O)c1cccnc1. The van der Waals surface area contributed by atoms with Crippen molar-refractivity contribution in [3.8, 4) is 0 Å². The van der Waals surface area contributed by atoms with Gasteiger partial charge in [-0.25, -0.2) is 0 Å². The third-order valence-electron chi connectivity index (χ3n) is 1.44. The second kappa shape index (κ2) is 3.82. The Kier molecular flexibility index (Phi) is 2.97. The van der Waals surface area contributed by atoms with Gasteiger partial charge in [0.15, 0.2) is 0 Å². The summed E-state index contributed by atoms with van der Waals surface area (Å²) >= 11 is 0. The topological polar surface area (TPSA) is 87.5 Å². The number of hydrogen-bond acceptors (Lipinski definition) is 4. The third-order valence-corrected chi connectivity index (χ3v) is 2.17. The van der Waals surface area contributed by atoms with E-state index in [2.05, 4.69) is 4.98 Å². The van der Waals surface area contributed by atoms with Gasteiger partial charge in [0.2, 0.25) is 0 Å². The van der Waals surface area contributed by atoms with Gasteiger partial charge in [-0.1, -0.05) is 6.07 Å². The van der Waals surface area contributed by atoms with E-state index in [4.69, 9.17) is 4.55 Å². The second-order valence-corrected chi connectivity index (χ2v) is 4.05. The summed E-state index contributed by atoms with van der Waals surface area (Å²) in [4.78, 5) is 3.70. The van der Waals surface area contributed by atoms with Crippen molar-refractivity contribution < 1.29 is 18.1 Å². The molecule has 1 unspecified atom stereocenters. The minimum absolute atomic E-state index is 0.361. The zero-order chi connectivity index (χ0) is 9.90. The molecular weight excluding hydrogens is 194 g/mol. The molecule has 5 nitrogen and oxygen atoms in total. The summed E-state index contributed by atoms with van der Waals surface area (Å²) in [6, 6.07) is 3.10. The first-order chi connectivity index (χ1) is 5.99. The first-order valence-electron chi connectivity index (χ1n) is 3.52. The fraction of sp³-hybridized carbons (Fsp3) is 0.286. The summed E-state index contributed by atoms with van der Waals surface area (Å²) in [5.41, 5.74) is 0.361. The van der Waals surface area contributed by atoms with Crippen LogP contribution in [-0.4, -0.2) is 28.8 Å². The first-order valence-corrected chi connectivity index (χ1v) is 5.13. The number of nitrogens with zero attached hydrogens (tertiary/aromatic N) is 1. The molecule has 1 aromatic rings. The predicted molar refractivity (Wildman–Crippen MR) is 45.6 cm³/mol. The Morgan fingerprint density at radius 1 is 1.54 bits per heavy atom. The molecule has 1 rings (SSSR count). The van der Waals surface area contributed by atoms with Crippen molar-refractivity contribution in [2.75, 3.05) is 5.75 Å². The van der Waals surface area contributed by atoms with Crippen LogP contribution in [0.3, 0.4) is 0 Å². The van der Waals surface area contributed by atoms with Gasteiger partial charge in [-0.2, -0.15) is 8.42 Å². The van der Waals surface area contributed by atoms with Crippen LogP contribution in [0.5, 0.6) is 0 Å². The molecule has 13 heavy (non-hydrogen) atoms. The smallest absolute Gasteiger partial charge is 0.267 e. The van der Waals surface area contributed by atoms with E-state index in [0.29, 0.717) is 5.56 Å². The molecule has 0 aliphatic heterocycles. The highest BCUT2D eigenvalue weighted by atomic mass is 32.2. The van der Waals surface area contributed by atoms with E-state index >= 15 is 0 Å². The van der Waals surface area contributed by atoms with Gasteiger partial charge in [0, 0.05) is 12.4 Å². The van der Waals surface area contributed by atoms with Crippen LogP contribution >= 0.6 is 0 Å². The Morgan fingerprint density at radius 2 is 2.23 bits per heavy atom. The molecule has 0 aliphatic rings. The summed E-state index contributed by atoms with van der Waals surface area (Å²) in [6.07, 6.45) is 1.61. The number of aliphatic hydroxyl groups is 1. The molecule has 0 amide bonds. The Bertz CT molecular complexity index is 361. The summed E-state index contributed by atoms with van der Waals surface area (Å²) in [5.74, 6) is -0.710. The van der Waals surface area contributed by atoms with Crippen molar-refractivity contribution >= 4 is 10.1 Å². The highest BCUT2D eigenvalue weighted by Crippen LogP contribution is 2.12. The lowest BCUT2D eigenvalue weighted by molar-refractivity contribution is 0.198. The molecule has 72 valence electrons. The van der Waals surface area contributed by atoms with Crippen LogP contribution in [0, 0.1) is 0 Å². The van der Waals surface area contributed by atoms with E-state index in [0.717, 1.165) is 0 Å². The third kappa shape index (κ3) is 3.49. The van der Waals surface area contributed by atoms with Gasteiger partial charge in [-0.15, -0.1) is 0 Å². The highest BCUT2D eigenvalue weighted by Gasteiger charge is 2.15. The number of pyridine rings is 1. The van der Waals surface area contributed by atoms with Gasteiger partial charge >= 0.3 is 0 Å². The maximum absolute atomic E-state index is 10.4. The van der Waals surface area contributed by atoms with E-state index < -0.39 is 22.0 Å². The standard InChI is InChI=1S/C7H9NO4S/c9-7(5-13(10,11)12)6-2-1-3-8-4-6/h1-4,7,9H,5H2,(H,10,11,12). The highest BCUT2D eigenvalue weighted by molar-refractivity contribution is 7.85. The summed E-state index contributed by atoms with van der Waals surface area (Å²) in [5, 5.41) is 9.28. The monoisotopic (exact) mass is 203 g/mol. The van der Waals surface area contributed by atoms with Gasteiger partial charge in [-0.3, -0.25) is 9.54 Å². The van der Waals surface area contributed by atoms with Gasteiger partial charge in [-0.05, 0) is 11.6 Å². The van der Waals surface area contributed by atoms with Crippen LogP contribution in [0.2, 0.25) is 0 Å². The largest absolute Gasteiger partial charge is 0.387 e. The minimum Gasteiger partial charge on any atom is -0.387 e. The van der Waals surface area contributed by atoms with Crippen molar-refractivity contribution in [2.45, 2.75) is 6.10 Å². The molecule has 0 bridgehead atoms. The fourth-order valence-electron chi connectivity index (χ4n) is 0.869. The fourth-order valence-corrected chi connectivity index (χ4v) is 1.46. The molecule has 0 saturated carbocycles. The van der Waals surface area contributed by atoms with Gasteiger partial charge in [0.05, 0.1) is 6.10 Å². The summed E-state index contributed by atoms with van der Waals surface area (Å²) < 4.78 is 29.2. The molecule has 0 spiro atoms. The molecule has 6 heteroatoms. The van der Waals surface area contributed by atoms with E-state index in [1.54, 1.807) is 6.07 Å². The molecular formula is C7H9NO4S. The molecule has 0 saturated heterocycles. The zero-order valence-electron chi connectivity index (χ0n) is 6.66. The van der Waals surface area contributed by atoms with Crippen LogP contribution in [0.4, 0.5) is 0 Å². The van der Waals surface area contributed by atoms with E-state index in [1.807, 2.05) is 0 Å². The maximum atomic E-state index is 10.4. The lowest BCUT2D eigenvalue weighted by Gasteiger charge is -2.07. The Morgan fingerprint density at radius 3 is 2.69 bits per heavy atom. The second-order valence-electron chi connectivity index (χ2n) is 2.55. The molecule has 0 radical (unpaired) electrons.